The van der Waals surface area contributed by atoms with E-state index in [4.69, 9.17) is 0 Å². The van der Waals surface area contributed by atoms with Crippen LogP contribution in [0.4, 0.5) is 8.78 Å². The minimum absolute atomic E-state index is 0.0868. The van der Waals surface area contributed by atoms with E-state index in [0.717, 1.165) is 18.5 Å². The number of hydrogen-bond acceptors (Lipinski definition) is 1. The van der Waals surface area contributed by atoms with Crippen LogP contribution in [0, 0.1) is 5.92 Å². The molecule has 17 heavy (non-hydrogen) atoms. The van der Waals surface area contributed by atoms with Gasteiger partial charge >= 0.3 is 0 Å². The Morgan fingerprint density at radius 3 is 2.18 bits per heavy atom. The van der Waals surface area contributed by atoms with Crippen molar-refractivity contribution in [2.24, 2.45) is 5.92 Å². The van der Waals surface area contributed by atoms with Crippen LogP contribution >= 0.6 is 0 Å². The summed E-state index contributed by atoms with van der Waals surface area (Å²) < 4.78 is 24.7. The van der Waals surface area contributed by atoms with Crippen LogP contribution in [0.2, 0.25) is 0 Å². The summed E-state index contributed by atoms with van der Waals surface area (Å²) in [4.78, 5) is 0. The fraction of sp³-hybridized carbons (Fsp3) is 0.571. The molecule has 0 aliphatic rings. The molecule has 0 spiro atoms. The Balaban J connectivity index is 2.47. The molecule has 0 aromatic heterocycles. The molecule has 0 saturated heterocycles. The van der Waals surface area contributed by atoms with Crippen molar-refractivity contribution in [1.29, 1.82) is 0 Å². The summed E-state index contributed by atoms with van der Waals surface area (Å²) >= 11 is 0. The number of nitrogens with one attached hydrogen (secondary N) is 1. The molecular weight excluding hydrogens is 220 g/mol. The van der Waals surface area contributed by atoms with Gasteiger partial charge in [0.15, 0.2) is 0 Å². The number of rotatable bonds is 6. The molecule has 0 fully saturated rings. The maximum Gasteiger partial charge on any atom is 0.263 e. The minimum Gasteiger partial charge on any atom is -0.310 e. The lowest BCUT2D eigenvalue weighted by Gasteiger charge is -2.20. The van der Waals surface area contributed by atoms with Gasteiger partial charge in [-0.1, -0.05) is 44.5 Å². The second-order valence-electron chi connectivity index (χ2n) is 4.60. The number of hydrogen-bond donors (Lipinski definition) is 1. The Kier molecular flexibility index (Phi) is 5.56. The van der Waals surface area contributed by atoms with E-state index in [1.807, 2.05) is 0 Å². The van der Waals surface area contributed by atoms with Crippen LogP contribution in [0.25, 0.3) is 0 Å². The zero-order valence-electron chi connectivity index (χ0n) is 10.7. The lowest BCUT2D eigenvalue weighted by atomic mass is 10.0. The van der Waals surface area contributed by atoms with Crippen molar-refractivity contribution in [3.8, 4) is 0 Å². The highest BCUT2D eigenvalue weighted by Gasteiger charge is 2.09. The Morgan fingerprint density at radius 1 is 1.12 bits per heavy atom. The van der Waals surface area contributed by atoms with E-state index in [1.54, 1.807) is 12.1 Å². The molecule has 1 N–H and O–H groups in total. The third kappa shape index (κ3) is 4.43. The lowest BCUT2D eigenvalue weighted by Crippen LogP contribution is -2.31. The number of benzene rings is 1. The zero-order chi connectivity index (χ0) is 12.8. The highest BCUT2D eigenvalue weighted by molar-refractivity contribution is 5.23. The van der Waals surface area contributed by atoms with Crippen molar-refractivity contribution in [2.75, 3.05) is 0 Å². The highest BCUT2D eigenvalue weighted by Crippen LogP contribution is 2.18. The van der Waals surface area contributed by atoms with Crippen LogP contribution in [-0.2, 0) is 6.54 Å². The minimum atomic E-state index is -2.38. The quantitative estimate of drug-likeness (QED) is 0.789. The van der Waals surface area contributed by atoms with E-state index in [-0.39, 0.29) is 5.56 Å². The first-order valence-corrected chi connectivity index (χ1v) is 6.15. The van der Waals surface area contributed by atoms with Gasteiger partial charge in [0, 0.05) is 18.2 Å². The maximum atomic E-state index is 12.3. The Hall–Kier alpha value is -0.960. The second-order valence-corrected chi connectivity index (χ2v) is 4.60. The van der Waals surface area contributed by atoms with Gasteiger partial charge in [-0.2, -0.15) is 0 Å². The molecule has 1 aromatic carbocycles. The van der Waals surface area contributed by atoms with Crippen molar-refractivity contribution in [1.82, 2.24) is 5.32 Å². The molecule has 2 unspecified atom stereocenters. The molecular formula is C14H21F2N. The average Bonchev–Trinajstić information content (AvgIpc) is 2.35. The Bertz CT molecular complexity index is 321. The molecule has 0 heterocycles. The second kappa shape index (κ2) is 6.70. The van der Waals surface area contributed by atoms with Crippen molar-refractivity contribution >= 4 is 0 Å². The van der Waals surface area contributed by atoms with Crippen molar-refractivity contribution in [3.63, 3.8) is 0 Å². The van der Waals surface area contributed by atoms with E-state index in [2.05, 4.69) is 26.1 Å². The first-order valence-electron chi connectivity index (χ1n) is 6.15. The standard InChI is InChI=1S/C14H21F2N/c1-4-10(2)11(3)17-9-12-5-7-13(8-6-12)14(15)16/h5-8,10-11,14,17H,4,9H2,1-3H3. The summed E-state index contributed by atoms with van der Waals surface area (Å²) in [7, 11) is 0. The smallest absolute Gasteiger partial charge is 0.263 e. The van der Waals surface area contributed by atoms with Crippen LogP contribution in [0.1, 0.15) is 44.7 Å². The van der Waals surface area contributed by atoms with Gasteiger partial charge in [-0.05, 0) is 18.4 Å². The zero-order valence-corrected chi connectivity index (χ0v) is 10.7. The summed E-state index contributed by atoms with van der Waals surface area (Å²) in [5, 5.41) is 3.41. The van der Waals surface area contributed by atoms with E-state index in [1.165, 1.54) is 12.1 Å². The summed E-state index contributed by atoms with van der Waals surface area (Å²) in [6.07, 6.45) is -1.24. The average molecular weight is 241 g/mol. The fourth-order valence-corrected chi connectivity index (χ4v) is 1.61. The van der Waals surface area contributed by atoms with Gasteiger partial charge in [-0.15, -0.1) is 0 Å². The summed E-state index contributed by atoms with van der Waals surface area (Å²) in [5.74, 6) is 0.621. The van der Waals surface area contributed by atoms with Crippen molar-refractivity contribution in [2.45, 2.75) is 46.2 Å². The lowest BCUT2D eigenvalue weighted by molar-refractivity contribution is 0.151. The normalized spacial score (nSPS) is 14.9. The van der Waals surface area contributed by atoms with Crippen LogP contribution in [0.5, 0.6) is 0 Å². The summed E-state index contributed by atoms with van der Waals surface area (Å²) in [5.41, 5.74) is 1.13. The first kappa shape index (κ1) is 14.1. The van der Waals surface area contributed by atoms with Gasteiger partial charge in [-0.25, -0.2) is 8.78 Å². The van der Waals surface area contributed by atoms with E-state index in [9.17, 15) is 8.78 Å². The Morgan fingerprint density at radius 2 is 1.71 bits per heavy atom. The topological polar surface area (TPSA) is 12.0 Å². The van der Waals surface area contributed by atoms with Gasteiger partial charge in [0.05, 0.1) is 0 Å². The molecule has 1 nitrogen and oxygen atoms in total. The third-order valence-electron chi connectivity index (χ3n) is 3.36. The molecule has 0 radical (unpaired) electrons. The predicted molar refractivity (Wildman–Crippen MR) is 67.2 cm³/mol. The Labute approximate surface area is 102 Å². The molecule has 3 heteroatoms. The van der Waals surface area contributed by atoms with Crippen LogP contribution in [0.3, 0.4) is 0 Å². The predicted octanol–water partition coefficient (Wildman–Crippen LogP) is 4.15. The SMILES string of the molecule is CCC(C)C(C)NCc1ccc(C(F)F)cc1. The van der Waals surface area contributed by atoms with Crippen molar-refractivity contribution < 1.29 is 8.78 Å². The molecule has 96 valence electrons. The number of alkyl halides is 2. The molecule has 1 aromatic rings. The van der Waals surface area contributed by atoms with Gasteiger partial charge < -0.3 is 5.32 Å². The first-order chi connectivity index (χ1) is 8.04. The summed E-state index contributed by atoms with van der Waals surface area (Å²) in [6.45, 7) is 7.26. The highest BCUT2D eigenvalue weighted by atomic mass is 19.3. The molecule has 0 amide bonds. The monoisotopic (exact) mass is 241 g/mol. The molecule has 0 aliphatic carbocycles. The molecule has 0 aliphatic heterocycles. The van der Waals surface area contributed by atoms with Gasteiger partial charge in [-0.3, -0.25) is 0 Å². The van der Waals surface area contributed by atoms with E-state index in [0.29, 0.717) is 12.0 Å². The van der Waals surface area contributed by atoms with Gasteiger partial charge in [0.25, 0.3) is 6.43 Å². The largest absolute Gasteiger partial charge is 0.310 e. The molecule has 1 rings (SSSR count). The molecule has 0 bridgehead atoms. The maximum absolute atomic E-state index is 12.3. The molecule has 0 saturated carbocycles. The van der Waals surface area contributed by atoms with E-state index >= 15 is 0 Å². The van der Waals surface area contributed by atoms with Crippen LogP contribution in [0.15, 0.2) is 24.3 Å². The van der Waals surface area contributed by atoms with Crippen LogP contribution < -0.4 is 5.32 Å². The summed E-state index contributed by atoms with van der Waals surface area (Å²) in [6, 6.07) is 6.95. The van der Waals surface area contributed by atoms with Gasteiger partial charge in [0.1, 0.15) is 0 Å². The fourth-order valence-electron chi connectivity index (χ4n) is 1.61. The third-order valence-corrected chi connectivity index (χ3v) is 3.36. The van der Waals surface area contributed by atoms with Gasteiger partial charge in [0.2, 0.25) is 0 Å². The van der Waals surface area contributed by atoms with Crippen LogP contribution in [-0.4, -0.2) is 6.04 Å². The molecule has 2 atom stereocenters. The van der Waals surface area contributed by atoms with E-state index < -0.39 is 6.43 Å². The van der Waals surface area contributed by atoms with Crippen molar-refractivity contribution in [3.05, 3.63) is 35.4 Å². The number of halogens is 2.